The molecule has 0 bridgehead atoms. The van der Waals surface area contributed by atoms with Crippen LogP contribution in [0.4, 0.5) is 5.69 Å². The molecule has 1 aliphatic heterocycles. The van der Waals surface area contributed by atoms with Crippen LogP contribution in [0.2, 0.25) is 0 Å². The molecule has 0 radical (unpaired) electrons. The van der Waals surface area contributed by atoms with Crippen molar-refractivity contribution in [3.05, 3.63) is 59.7 Å². The van der Waals surface area contributed by atoms with Crippen molar-refractivity contribution in [1.29, 1.82) is 0 Å². The van der Waals surface area contributed by atoms with Crippen LogP contribution < -0.4 is 10.6 Å². The van der Waals surface area contributed by atoms with E-state index in [2.05, 4.69) is 10.6 Å². The van der Waals surface area contributed by atoms with Crippen molar-refractivity contribution in [2.24, 2.45) is 0 Å². The standard InChI is InChI=1S/C21H25N3O4S/c1-15-5-9-17(10-6-15)23-21(26)20(25)22-14-18-4-3-13-24(18)29(27,28)19-11-7-16(2)8-12-19/h5-12,18H,3-4,13-14H2,1-2H3,(H,22,25)(H,23,26)/t18-/m0/s1. The number of hydrogen-bond donors (Lipinski definition) is 2. The van der Waals surface area contributed by atoms with E-state index >= 15 is 0 Å². The normalized spacial score (nSPS) is 17.1. The lowest BCUT2D eigenvalue weighted by atomic mass is 10.2. The molecule has 2 aromatic rings. The van der Waals surface area contributed by atoms with Crippen molar-refractivity contribution in [2.75, 3.05) is 18.4 Å². The van der Waals surface area contributed by atoms with Crippen LogP contribution in [-0.4, -0.2) is 43.7 Å². The van der Waals surface area contributed by atoms with Crippen LogP contribution in [-0.2, 0) is 19.6 Å². The zero-order valence-corrected chi connectivity index (χ0v) is 17.3. The van der Waals surface area contributed by atoms with Gasteiger partial charge in [-0.1, -0.05) is 35.4 Å². The number of aryl methyl sites for hydroxylation is 2. The minimum atomic E-state index is -3.64. The molecule has 2 N–H and O–H groups in total. The first-order chi connectivity index (χ1) is 13.8. The Hall–Kier alpha value is -2.71. The minimum absolute atomic E-state index is 0.0885. The number of carbonyl (C=O) groups excluding carboxylic acids is 2. The van der Waals surface area contributed by atoms with Gasteiger partial charge in [0.25, 0.3) is 0 Å². The highest BCUT2D eigenvalue weighted by molar-refractivity contribution is 7.89. The third-order valence-corrected chi connectivity index (χ3v) is 6.93. The van der Waals surface area contributed by atoms with Gasteiger partial charge in [-0.3, -0.25) is 9.59 Å². The molecule has 0 aliphatic carbocycles. The summed E-state index contributed by atoms with van der Waals surface area (Å²) in [6.45, 7) is 4.31. The zero-order valence-electron chi connectivity index (χ0n) is 16.5. The topological polar surface area (TPSA) is 95.6 Å². The van der Waals surface area contributed by atoms with Crippen molar-refractivity contribution in [3.63, 3.8) is 0 Å². The number of nitrogens with zero attached hydrogens (tertiary/aromatic N) is 1. The summed E-state index contributed by atoms with van der Waals surface area (Å²) in [5, 5.41) is 5.10. The highest BCUT2D eigenvalue weighted by Crippen LogP contribution is 2.26. The van der Waals surface area contributed by atoms with Crippen LogP contribution in [0.15, 0.2) is 53.4 Å². The highest BCUT2D eigenvalue weighted by atomic mass is 32.2. The molecule has 1 atom stereocenters. The number of rotatable bonds is 5. The van der Waals surface area contributed by atoms with Gasteiger partial charge in [0, 0.05) is 24.8 Å². The molecular formula is C21H25N3O4S. The second-order valence-corrected chi connectivity index (χ2v) is 9.15. The lowest BCUT2D eigenvalue weighted by molar-refractivity contribution is -0.136. The van der Waals surface area contributed by atoms with Crippen LogP contribution in [0.25, 0.3) is 0 Å². The summed E-state index contributed by atoms with van der Waals surface area (Å²) in [7, 11) is -3.64. The number of anilines is 1. The Morgan fingerprint density at radius 3 is 2.17 bits per heavy atom. The summed E-state index contributed by atoms with van der Waals surface area (Å²) in [6, 6.07) is 13.4. The molecule has 7 nitrogen and oxygen atoms in total. The van der Waals surface area contributed by atoms with Gasteiger partial charge >= 0.3 is 11.8 Å². The number of benzene rings is 2. The molecule has 0 spiro atoms. The number of hydrogen-bond acceptors (Lipinski definition) is 4. The summed E-state index contributed by atoms with van der Waals surface area (Å²) < 4.78 is 27.3. The Labute approximate surface area is 171 Å². The molecule has 29 heavy (non-hydrogen) atoms. The lowest BCUT2D eigenvalue weighted by Gasteiger charge is -2.24. The van der Waals surface area contributed by atoms with Gasteiger partial charge in [0.2, 0.25) is 10.0 Å². The van der Waals surface area contributed by atoms with Gasteiger partial charge in [-0.15, -0.1) is 0 Å². The Kier molecular flexibility index (Phi) is 6.34. The quantitative estimate of drug-likeness (QED) is 0.732. The van der Waals surface area contributed by atoms with Crippen molar-refractivity contribution in [2.45, 2.75) is 37.6 Å². The molecule has 1 heterocycles. The van der Waals surface area contributed by atoms with Crippen molar-refractivity contribution in [3.8, 4) is 0 Å². The van der Waals surface area contributed by atoms with Gasteiger partial charge in [0.15, 0.2) is 0 Å². The summed E-state index contributed by atoms with van der Waals surface area (Å²) in [6.07, 6.45) is 1.34. The fourth-order valence-electron chi connectivity index (χ4n) is 3.29. The summed E-state index contributed by atoms with van der Waals surface area (Å²) in [5.74, 6) is -1.56. The zero-order chi connectivity index (χ0) is 21.0. The van der Waals surface area contributed by atoms with E-state index in [4.69, 9.17) is 0 Å². The molecular weight excluding hydrogens is 390 g/mol. The molecule has 0 unspecified atom stereocenters. The van der Waals surface area contributed by atoms with Crippen molar-refractivity contribution < 1.29 is 18.0 Å². The van der Waals surface area contributed by atoms with E-state index < -0.39 is 21.8 Å². The third-order valence-electron chi connectivity index (χ3n) is 4.96. The molecule has 8 heteroatoms. The highest BCUT2D eigenvalue weighted by Gasteiger charge is 2.35. The van der Waals surface area contributed by atoms with Gasteiger partial charge < -0.3 is 10.6 Å². The SMILES string of the molecule is Cc1ccc(NC(=O)C(=O)NC[C@@H]2CCCN2S(=O)(=O)c2ccc(C)cc2)cc1. The van der Waals surface area contributed by atoms with E-state index in [0.29, 0.717) is 25.1 Å². The van der Waals surface area contributed by atoms with Crippen molar-refractivity contribution >= 4 is 27.5 Å². The predicted molar refractivity (Wildman–Crippen MR) is 111 cm³/mol. The Morgan fingerprint density at radius 1 is 0.966 bits per heavy atom. The Balaban J connectivity index is 1.60. The number of carbonyl (C=O) groups is 2. The van der Waals surface area contributed by atoms with E-state index in [1.807, 2.05) is 26.0 Å². The summed E-state index contributed by atoms with van der Waals surface area (Å²) in [4.78, 5) is 24.5. The monoisotopic (exact) mass is 415 g/mol. The molecule has 154 valence electrons. The number of amides is 2. The summed E-state index contributed by atoms with van der Waals surface area (Å²) in [5.41, 5.74) is 2.55. The van der Waals surface area contributed by atoms with E-state index in [0.717, 1.165) is 11.1 Å². The predicted octanol–water partition coefficient (Wildman–Crippen LogP) is 2.21. The van der Waals surface area contributed by atoms with Crippen LogP contribution in [0.5, 0.6) is 0 Å². The van der Waals surface area contributed by atoms with Gasteiger partial charge in [0.05, 0.1) is 4.90 Å². The maximum atomic E-state index is 12.9. The van der Waals surface area contributed by atoms with Crippen LogP contribution in [0, 0.1) is 13.8 Å². The van der Waals surface area contributed by atoms with Crippen LogP contribution >= 0.6 is 0 Å². The van der Waals surface area contributed by atoms with Gasteiger partial charge in [-0.25, -0.2) is 8.42 Å². The van der Waals surface area contributed by atoms with E-state index in [1.54, 1.807) is 36.4 Å². The lowest BCUT2D eigenvalue weighted by Crippen LogP contribution is -2.45. The molecule has 2 aromatic carbocycles. The van der Waals surface area contributed by atoms with E-state index in [-0.39, 0.29) is 17.5 Å². The Bertz CT molecular complexity index is 986. The van der Waals surface area contributed by atoms with Crippen LogP contribution in [0.3, 0.4) is 0 Å². The molecule has 0 aromatic heterocycles. The maximum Gasteiger partial charge on any atom is 0.313 e. The fourth-order valence-corrected chi connectivity index (χ4v) is 4.98. The van der Waals surface area contributed by atoms with E-state index in [9.17, 15) is 18.0 Å². The Morgan fingerprint density at radius 2 is 1.55 bits per heavy atom. The molecule has 1 aliphatic rings. The van der Waals surface area contributed by atoms with E-state index in [1.165, 1.54) is 4.31 Å². The molecule has 1 saturated heterocycles. The van der Waals surface area contributed by atoms with Crippen molar-refractivity contribution in [1.82, 2.24) is 9.62 Å². The maximum absolute atomic E-state index is 12.9. The van der Waals surface area contributed by atoms with Gasteiger partial charge in [-0.05, 0) is 51.0 Å². The fraction of sp³-hybridized carbons (Fsp3) is 0.333. The smallest absolute Gasteiger partial charge is 0.313 e. The molecule has 3 rings (SSSR count). The first-order valence-electron chi connectivity index (χ1n) is 9.52. The molecule has 2 amide bonds. The van der Waals surface area contributed by atoms with Gasteiger partial charge in [0.1, 0.15) is 0 Å². The molecule has 1 fully saturated rings. The average molecular weight is 416 g/mol. The number of sulfonamides is 1. The first kappa shape index (κ1) is 21.0. The number of nitrogens with one attached hydrogen (secondary N) is 2. The average Bonchev–Trinajstić information content (AvgIpc) is 3.17. The van der Waals surface area contributed by atoms with Gasteiger partial charge in [-0.2, -0.15) is 4.31 Å². The van der Waals surface area contributed by atoms with Crippen LogP contribution in [0.1, 0.15) is 24.0 Å². The summed E-state index contributed by atoms with van der Waals surface area (Å²) >= 11 is 0. The minimum Gasteiger partial charge on any atom is -0.346 e. The first-order valence-corrected chi connectivity index (χ1v) is 11.0. The second kappa shape index (κ2) is 8.75. The molecule has 0 saturated carbocycles. The second-order valence-electron chi connectivity index (χ2n) is 7.26. The third kappa shape index (κ3) is 5.02. The largest absolute Gasteiger partial charge is 0.346 e.